The number of aromatic nitrogens is 2. The molecule has 0 aliphatic heterocycles. The Kier molecular flexibility index (Phi) is 4.06. The highest BCUT2D eigenvalue weighted by Crippen LogP contribution is 2.29. The number of amides is 1. The van der Waals surface area contributed by atoms with Gasteiger partial charge in [-0.2, -0.15) is 5.10 Å². The summed E-state index contributed by atoms with van der Waals surface area (Å²) < 4.78 is 0.960. The second kappa shape index (κ2) is 5.85. The Balaban J connectivity index is 1.78. The first kappa shape index (κ1) is 15.2. The van der Waals surface area contributed by atoms with E-state index in [0.29, 0.717) is 0 Å². The molecule has 22 heavy (non-hydrogen) atoms. The van der Waals surface area contributed by atoms with Crippen LogP contribution in [0.5, 0.6) is 0 Å². The van der Waals surface area contributed by atoms with Gasteiger partial charge in [-0.25, -0.2) is 0 Å². The Morgan fingerprint density at radius 3 is 2.91 bits per heavy atom. The van der Waals surface area contributed by atoms with Crippen molar-refractivity contribution < 1.29 is 4.79 Å². The first-order chi connectivity index (χ1) is 10.5. The Bertz CT molecular complexity index is 678. The summed E-state index contributed by atoms with van der Waals surface area (Å²) in [5.74, 6) is -0.178. The number of H-pyrrole nitrogens is 1. The van der Waals surface area contributed by atoms with Crippen molar-refractivity contribution in [3.8, 4) is 0 Å². The van der Waals surface area contributed by atoms with Gasteiger partial charge in [0.2, 0.25) is 5.91 Å². The van der Waals surface area contributed by atoms with E-state index in [9.17, 15) is 4.79 Å². The van der Waals surface area contributed by atoms with Crippen molar-refractivity contribution in [1.82, 2.24) is 15.5 Å². The van der Waals surface area contributed by atoms with E-state index in [1.807, 2.05) is 30.5 Å². The number of carbonyl (C=O) groups excluding carboxylic acids is 1. The van der Waals surface area contributed by atoms with Crippen molar-refractivity contribution >= 4 is 21.8 Å². The number of aromatic amines is 1. The Morgan fingerprint density at radius 1 is 1.45 bits per heavy atom. The third kappa shape index (κ3) is 2.80. The van der Waals surface area contributed by atoms with Crippen molar-refractivity contribution in [2.75, 3.05) is 0 Å². The van der Waals surface area contributed by atoms with Gasteiger partial charge in [-0.3, -0.25) is 9.89 Å². The van der Waals surface area contributed by atoms with E-state index in [4.69, 9.17) is 5.73 Å². The summed E-state index contributed by atoms with van der Waals surface area (Å²) in [7, 11) is 0. The molecule has 1 amide bonds. The standard InChI is InChI=1S/C16H19BrN4O/c1-16(18,11-5-7-12(17)8-6-11)15(22)20-13-4-2-3-10-9-19-21-14(10)13/h5-9,13H,2-4,18H2,1H3,(H,19,21)(H,20,22). The van der Waals surface area contributed by atoms with E-state index in [-0.39, 0.29) is 11.9 Å². The van der Waals surface area contributed by atoms with Crippen molar-refractivity contribution in [3.05, 3.63) is 51.8 Å². The molecular formula is C16H19BrN4O. The minimum absolute atomic E-state index is 0.0444. The van der Waals surface area contributed by atoms with Gasteiger partial charge in [0.15, 0.2) is 0 Å². The number of carbonyl (C=O) groups is 1. The van der Waals surface area contributed by atoms with Crippen LogP contribution in [0.2, 0.25) is 0 Å². The van der Waals surface area contributed by atoms with Crippen LogP contribution in [0.4, 0.5) is 0 Å². The van der Waals surface area contributed by atoms with Crippen LogP contribution in [-0.4, -0.2) is 16.1 Å². The zero-order chi connectivity index (χ0) is 15.7. The number of rotatable bonds is 3. The lowest BCUT2D eigenvalue weighted by molar-refractivity contribution is -0.127. The molecule has 0 radical (unpaired) electrons. The number of nitrogens with zero attached hydrogens (tertiary/aromatic N) is 1. The molecule has 5 nitrogen and oxygen atoms in total. The van der Waals surface area contributed by atoms with E-state index in [1.165, 1.54) is 5.56 Å². The minimum atomic E-state index is -1.07. The zero-order valence-electron chi connectivity index (χ0n) is 12.4. The molecule has 1 aliphatic rings. The van der Waals surface area contributed by atoms with Crippen LogP contribution in [0.15, 0.2) is 34.9 Å². The van der Waals surface area contributed by atoms with Crippen molar-refractivity contribution in [3.63, 3.8) is 0 Å². The molecule has 3 rings (SSSR count). The van der Waals surface area contributed by atoms with Gasteiger partial charge in [0, 0.05) is 4.47 Å². The highest BCUT2D eigenvalue weighted by Gasteiger charge is 2.33. The molecule has 0 saturated carbocycles. The summed E-state index contributed by atoms with van der Waals surface area (Å²) in [5.41, 5.74) is 8.19. The maximum absolute atomic E-state index is 12.7. The molecule has 2 aromatic rings. The van der Waals surface area contributed by atoms with E-state index < -0.39 is 5.54 Å². The fourth-order valence-electron chi connectivity index (χ4n) is 2.84. The molecule has 1 heterocycles. The highest BCUT2D eigenvalue weighted by atomic mass is 79.9. The second-order valence-corrected chi connectivity index (χ2v) is 6.85. The molecule has 0 spiro atoms. The number of halogens is 1. The molecule has 0 fully saturated rings. The summed E-state index contributed by atoms with van der Waals surface area (Å²) in [6.07, 6.45) is 4.78. The van der Waals surface area contributed by atoms with E-state index >= 15 is 0 Å². The van der Waals surface area contributed by atoms with Crippen molar-refractivity contribution in [1.29, 1.82) is 0 Å². The molecule has 2 unspecified atom stereocenters. The minimum Gasteiger partial charge on any atom is -0.346 e. The number of nitrogens with one attached hydrogen (secondary N) is 2. The fraction of sp³-hybridized carbons (Fsp3) is 0.375. The molecule has 0 bridgehead atoms. The number of fused-ring (bicyclic) bond motifs is 1. The van der Waals surface area contributed by atoms with Gasteiger partial charge in [-0.15, -0.1) is 0 Å². The predicted molar refractivity (Wildman–Crippen MR) is 88.1 cm³/mol. The largest absolute Gasteiger partial charge is 0.346 e. The molecule has 1 aromatic carbocycles. The van der Waals surface area contributed by atoms with Gasteiger partial charge < -0.3 is 11.1 Å². The smallest absolute Gasteiger partial charge is 0.244 e. The summed E-state index contributed by atoms with van der Waals surface area (Å²) in [4.78, 5) is 12.7. The molecule has 4 N–H and O–H groups in total. The fourth-order valence-corrected chi connectivity index (χ4v) is 3.11. The predicted octanol–water partition coefficient (Wildman–Crippen LogP) is 2.54. The van der Waals surface area contributed by atoms with Crippen LogP contribution in [0.3, 0.4) is 0 Å². The number of hydrogen-bond donors (Lipinski definition) is 3. The maximum Gasteiger partial charge on any atom is 0.244 e. The molecule has 116 valence electrons. The van der Waals surface area contributed by atoms with Gasteiger partial charge >= 0.3 is 0 Å². The monoisotopic (exact) mass is 362 g/mol. The van der Waals surface area contributed by atoms with Crippen LogP contribution in [0, 0.1) is 0 Å². The first-order valence-electron chi connectivity index (χ1n) is 7.36. The molecule has 0 saturated heterocycles. The van der Waals surface area contributed by atoms with Crippen molar-refractivity contribution in [2.45, 2.75) is 37.8 Å². The summed E-state index contributed by atoms with van der Waals surface area (Å²) in [5, 5.41) is 10.1. The second-order valence-electron chi connectivity index (χ2n) is 5.94. The third-order valence-corrected chi connectivity index (χ3v) is 4.79. The van der Waals surface area contributed by atoms with E-state index in [2.05, 4.69) is 31.4 Å². The average Bonchev–Trinajstić information content (AvgIpc) is 2.97. The topological polar surface area (TPSA) is 83.8 Å². The van der Waals surface area contributed by atoms with Crippen LogP contribution in [0.25, 0.3) is 0 Å². The van der Waals surface area contributed by atoms with Gasteiger partial charge in [0.25, 0.3) is 0 Å². The quantitative estimate of drug-likeness (QED) is 0.784. The van der Waals surface area contributed by atoms with Crippen molar-refractivity contribution in [2.24, 2.45) is 5.73 Å². The molecule has 1 aliphatic carbocycles. The number of benzene rings is 1. The Labute approximate surface area is 137 Å². The van der Waals surface area contributed by atoms with Gasteiger partial charge in [-0.1, -0.05) is 28.1 Å². The van der Waals surface area contributed by atoms with Crippen LogP contribution in [0.1, 0.15) is 42.6 Å². The molecule has 1 aromatic heterocycles. The summed E-state index contributed by atoms with van der Waals surface area (Å²) in [6.45, 7) is 1.74. The normalized spacial score (nSPS) is 20.0. The average molecular weight is 363 g/mol. The lowest BCUT2D eigenvalue weighted by Gasteiger charge is -2.29. The van der Waals surface area contributed by atoms with Gasteiger partial charge in [-0.05, 0) is 49.4 Å². The maximum atomic E-state index is 12.7. The third-order valence-electron chi connectivity index (χ3n) is 4.26. The molecule has 2 atom stereocenters. The Morgan fingerprint density at radius 2 is 2.18 bits per heavy atom. The lowest BCUT2D eigenvalue weighted by Crippen LogP contribution is -2.50. The van der Waals surface area contributed by atoms with Crippen LogP contribution in [-0.2, 0) is 16.8 Å². The van der Waals surface area contributed by atoms with Crippen LogP contribution >= 0.6 is 15.9 Å². The summed E-state index contributed by atoms with van der Waals surface area (Å²) in [6, 6.07) is 7.47. The van der Waals surface area contributed by atoms with E-state index in [1.54, 1.807) is 6.92 Å². The zero-order valence-corrected chi connectivity index (χ0v) is 14.0. The number of hydrogen-bond acceptors (Lipinski definition) is 3. The first-order valence-corrected chi connectivity index (χ1v) is 8.16. The van der Waals surface area contributed by atoms with E-state index in [0.717, 1.165) is 35.0 Å². The van der Waals surface area contributed by atoms with Gasteiger partial charge in [0.05, 0.1) is 17.9 Å². The molecular weight excluding hydrogens is 344 g/mol. The molecule has 6 heteroatoms. The summed E-state index contributed by atoms with van der Waals surface area (Å²) >= 11 is 3.39. The highest BCUT2D eigenvalue weighted by molar-refractivity contribution is 9.10. The SMILES string of the molecule is CC(N)(C(=O)NC1CCCc2cn[nH]c21)c1ccc(Br)cc1. The lowest BCUT2D eigenvalue weighted by atomic mass is 9.89. The van der Waals surface area contributed by atoms with Gasteiger partial charge in [0.1, 0.15) is 5.54 Å². The van der Waals surface area contributed by atoms with Crippen LogP contribution < -0.4 is 11.1 Å². The number of aryl methyl sites for hydroxylation is 1. The Hall–Kier alpha value is -1.66. The number of nitrogens with two attached hydrogens (primary N) is 1.